The standard InChI is InChI=1S/C10H12N2O2S/c11-9(13)7-3-1-5-12(7)10(14)8-4-2-6-15-8/h2,4,6-7H,1,3,5H2,(H2,11,13). The molecule has 1 unspecified atom stereocenters. The number of carbonyl (C=O) groups is 2. The maximum Gasteiger partial charge on any atom is 0.264 e. The summed E-state index contributed by atoms with van der Waals surface area (Å²) < 4.78 is 0. The number of hydrogen-bond acceptors (Lipinski definition) is 3. The summed E-state index contributed by atoms with van der Waals surface area (Å²) in [6.45, 7) is 0.629. The smallest absolute Gasteiger partial charge is 0.264 e. The molecule has 1 aliphatic heterocycles. The first-order chi connectivity index (χ1) is 7.20. The minimum absolute atomic E-state index is 0.0775. The van der Waals surface area contributed by atoms with Crippen LogP contribution < -0.4 is 5.73 Å². The Morgan fingerprint density at radius 2 is 2.33 bits per heavy atom. The lowest BCUT2D eigenvalue weighted by Crippen LogP contribution is -2.43. The van der Waals surface area contributed by atoms with Crippen molar-refractivity contribution in [2.75, 3.05) is 6.54 Å². The van der Waals surface area contributed by atoms with Crippen molar-refractivity contribution in [1.29, 1.82) is 0 Å². The van der Waals surface area contributed by atoms with Crippen LogP contribution >= 0.6 is 11.3 Å². The molecule has 2 rings (SSSR count). The van der Waals surface area contributed by atoms with Gasteiger partial charge in [-0.2, -0.15) is 0 Å². The van der Waals surface area contributed by atoms with Crippen LogP contribution in [0.3, 0.4) is 0 Å². The lowest BCUT2D eigenvalue weighted by Gasteiger charge is -2.21. The minimum Gasteiger partial charge on any atom is -0.368 e. The van der Waals surface area contributed by atoms with E-state index in [9.17, 15) is 9.59 Å². The van der Waals surface area contributed by atoms with Crippen LogP contribution in [-0.2, 0) is 4.79 Å². The zero-order valence-corrected chi connectivity index (χ0v) is 9.00. The zero-order valence-electron chi connectivity index (χ0n) is 8.18. The van der Waals surface area contributed by atoms with Gasteiger partial charge in [0.05, 0.1) is 4.88 Å². The van der Waals surface area contributed by atoms with Gasteiger partial charge in [0.25, 0.3) is 5.91 Å². The van der Waals surface area contributed by atoms with Crippen molar-refractivity contribution in [3.63, 3.8) is 0 Å². The van der Waals surface area contributed by atoms with Crippen molar-refractivity contribution in [2.45, 2.75) is 18.9 Å². The summed E-state index contributed by atoms with van der Waals surface area (Å²) in [7, 11) is 0. The first-order valence-electron chi connectivity index (χ1n) is 4.84. The fourth-order valence-electron chi connectivity index (χ4n) is 1.85. The zero-order chi connectivity index (χ0) is 10.8. The number of rotatable bonds is 2. The number of primary amides is 1. The Kier molecular flexibility index (Phi) is 2.73. The van der Waals surface area contributed by atoms with Gasteiger partial charge in [0.15, 0.2) is 0 Å². The molecule has 1 atom stereocenters. The summed E-state index contributed by atoms with van der Waals surface area (Å²) >= 11 is 1.39. The van der Waals surface area contributed by atoms with Crippen LogP contribution in [0.1, 0.15) is 22.5 Å². The van der Waals surface area contributed by atoms with E-state index in [1.165, 1.54) is 11.3 Å². The molecule has 0 radical (unpaired) electrons. The third kappa shape index (κ3) is 1.87. The molecule has 1 aromatic rings. The van der Waals surface area contributed by atoms with Crippen molar-refractivity contribution in [3.05, 3.63) is 22.4 Å². The summed E-state index contributed by atoms with van der Waals surface area (Å²) in [5.41, 5.74) is 5.25. The number of hydrogen-bond donors (Lipinski definition) is 1. The fourth-order valence-corrected chi connectivity index (χ4v) is 2.53. The molecule has 1 fully saturated rings. The van der Waals surface area contributed by atoms with Gasteiger partial charge >= 0.3 is 0 Å². The van der Waals surface area contributed by atoms with E-state index in [0.717, 1.165) is 6.42 Å². The quantitative estimate of drug-likeness (QED) is 0.809. The Bertz CT molecular complexity index is 375. The second kappa shape index (κ2) is 4.02. The van der Waals surface area contributed by atoms with Crippen LogP contribution in [0, 0.1) is 0 Å². The average Bonchev–Trinajstić information content (AvgIpc) is 2.88. The average molecular weight is 224 g/mol. The summed E-state index contributed by atoms with van der Waals surface area (Å²) in [5.74, 6) is -0.483. The van der Waals surface area contributed by atoms with Gasteiger partial charge in [-0.15, -0.1) is 11.3 Å². The van der Waals surface area contributed by atoms with Crippen molar-refractivity contribution >= 4 is 23.2 Å². The van der Waals surface area contributed by atoms with E-state index in [1.807, 2.05) is 11.4 Å². The van der Waals surface area contributed by atoms with E-state index in [-0.39, 0.29) is 5.91 Å². The van der Waals surface area contributed by atoms with Gasteiger partial charge in [0.2, 0.25) is 5.91 Å². The van der Waals surface area contributed by atoms with Gasteiger partial charge < -0.3 is 10.6 Å². The second-order valence-corrected chi connectivity index (χ2v) is 4.48. The molecule has 0 bridgehead atoms. The number of amides is 2. The molecule has 0 aromatic carbocycles. The van der Waals surface area contributed by atoms with Crippen LogP contribution in [0.2, 0.25) is 0 Å². The van der Waals surface area contributed by atoms with Crippen LogP contribution in [0.4, 0.5) is 0 Å². The summed E-state index contributed by atoms with van der Waals surface area (Å²) in [6, 6.07) is 3.18. The largest absolute Gasteiger partial charge is 0.368 e. The SMILES string of the molecule is NC(=O)C1CCCN1C(=O)c1cccs1. The maximum atomic E-state index is 12.0. The summed E-state index contributed by atoms with van der Waals surface area (Å²) in [5, 5.41) is 1.85. The van der Waals surface area contributed by atoms with Gasteiger partial charge in [-0.05, 0) is 24.3 Å². The second-order valence-electron chi connectivity index (χ2n) is 3.54. The Labute approximate surface area is 91.7 Å². The molecule has 0 spiro atoms. The normalized spacial score (nSPS) is 20.5. The van der Waals surface area contributed by atoms with E-state index >= 15 is 0 Å². The molecular weight excluding hydrogens is 212 g/mol. The maximum absolute atomic E-state index is 12.0. The molecule has 80 valence electrons. The van der Waals surface area contributed by atoms with E-state index in [0.29, 0.717) is 17.8 Å². The van der Waals surface area contributed by atoms with E-state index in [1.54, 1.807) is 11.0 Å². The van der Waals surface area contributed by atoms with Gasteiger partial charge in [-0.25, -0.2) is 0 Å². The third-order valence-corrected chi connectivity index (χ3v) is 3.43. The number of nitrogens with two attached hydrogens (primary N) is 1. The monoisotopic (exact) mass is 224 g/mol. The molecule has 2 amide bonds. The highest BCUT2D eigenvalue weighted by molar-refractivity contribution is 7.12. The molecule has 4 nitrogen and oxygen atoms in total. The molecule has 1 aliphatic rings. The Balaban J connectivity index is 2.17. The van der Waals surface area contributed by atoms with Gasteiger partial charge in [-0.1, -0.05) is 6.07 Å². The van der Waals surface area contributed by atoms with Crippen LogP contribution in [0.15, 0.2) is 17.5 Å². The van der Waals surface area contributed by atoms with Crippen molar-refractivity contribution < 1.29 is 9.59 Å². The topological polar surface area (TPSA) is 63.4 Å². The number of nitrogens with zero attached hydrogens (tertiary/aromatic N) is 1. The van der Waals surface area contributed by atoms with Crippen LogP contribution in [0.25, 0.3) is 0 Å². The molecule has 1 aromatic heterocycles. The third-order valence-electron chi connectivity index (χ3n) is 2.57. The van der Waals surface area contributed by atoms with Gasteiger partial charge in [0.1, 0.15) is 6.04 Å². The molecule has 1 saturated heterocycles. The van der Waals surface area contributed by atoms with Crippen LogP contribution in [0.5, 0.6) is 0 Å². The lowest BCUT2D eigenvalue weighted by molar-refractivity contribution is -0.121. The predicted octanol–water partition coefficient (Wildman–Crippen LogP) is 0.838. The van der Waals surface area contributed by atoms with Crippen LogP contribution in [-0.4, -0.2) is 29.3 Å². The first-order valence-corrected chi connectivity index (χ1v) is 5.72. The fraction of sp³-hybridized carbons (Fsp3) is 0.400. The number of carbonyl (C=O) groups excluding carboxylic acids is 2. The first kappa shape index (κ1) is 10.2. The Morgan fingerprint density at radius 3 is 2.93 bits per heavy atom. The summed E-state index contributed by atoms with van der Waals surface area (Å²) in [6.07, 6.45) is 1.54. The molecular formula is C10H12N2O2S. The highest BCUT2D eigenvalue weighted by atomic mass is 32.1. The minimum atomic E-state index is -0.417. The van der Waals surface area contributed by atoms with E-state index in [2.05, 4.69) is 0 Å². The molecule has 2 heterocycles. The van der Waals surface area contributed by atoms with Crippen molar-refractivity contribution in [2.24, 2.45) is 5.73 Å². The van der Waals surface area contributed by atoms with E-state index < -0.39 is 11.9 Å². The molecule has 2 N–H and O–H groups in total. The van der Waals surface area contributed by atoms with Crippen molar-refractivity contribution in [3.8, 4) is 0 Å². The number of likely N-dealkylation sites (tertiary alicyclic amines) is 1. The lowest BCUT2D eigenvalue weighted by atomic mass is 10.2. The number of thiophene rings is 1. The highest BCUT2D eigenvalue weighted by Crippen LogP contribution is 2.21. The summed E-state index contributed by atoms with van der Waals surface area (Å²) in [4.78, 5) is 25.3. The highest BCUT2D eigenvalue weighted by Gasteiger charge is 2.33. The van der Waals surface area contributed by atoms with Gasteiger partial charge in [0, 0.05) is 6.54 Å². The Hall–Kier alpha value is -1.36. The molecule has 0 aliphatic carbocycles. The van der Waals surface area contributed by atoms with Crippen molar-refractivity contribution in [1.82, 2.24) is 4.90 Å². The Morgan fingerprint density at radius 1 is 1.53 bits per heavy atom. The predicted molar refractivity (Wildman–Crippen MR) is 57.6 cm³/mol. The molecule has 0 saturated carbocycles. The van der Waals surface area contributed by atoms with E-state index in [4.69, 9.17) is 5.73 Å². The molecule has 15 heavy (non-hydrogen) atoms. The molecule has 5 heteroatoms. The van der Waals surface area contributed by atoms with Gasteiger partial charge in [-0.3, -0.25) is 9.59 Å².